The van der Waals surface area contributed by atoms with Crippen LogP contribution in [0.2, 0.25) is 0 Å². The summed E-state index contributed by atoms with van der Waals surface area (Å²) in [6, 6.07) is 15.7. The van der Waals surface area contributed by atoms with E-state index in [9.17, 15) is 21.6 Å². The van der Waals surface area contributed by atoms with Crippen molar-refractivity contribution in [3.8, 4) is 0 Å². The van der Waals surface area contributed by atoms with Crippen LogP contribution < -0.4 is 10.1 Å². The highest BCUT2D eigenvalue weighted by molar-refractivity contribution is 7.94. The Balaban J connectivity index is 1.52. The first-order chi connectivity index (χ1) is 16.7. The van der Waals surface area contributed by atoms with Gasteiger partial charge in [0.1, 0.15) is 4.21 Å². The summed E-state index contributed by atoms with van der Waals surface area (Å²) in [7, 11) is -7.42. The first-order valence-corrected chi connectivity index (χ1v) is 14.6. The molecule has 1 saturated heterocycles. The molecule has 184 valence electrons. The van der Waals surface area contributed by atoms with Crippen molar-refractivity contribution in [1.29, 1.82) is 0 Å². The zero-order chi connectivity index (χ0) is 25.1. The molecule has 0 spiro atoms. The van der Waals surface area contributed by atoms with E-state index >= 15 is 0 Å². The van der Waals surface area contributed by atoms with Gasteiger partial charge < -0.3 is 0 Å². The summed E-state index contributed by atoms with van der Waals surface area (Å²) in [6.45, 7) is 2.66. The fourth-order valence-corrected chi connectivity index (χ4v) is 7.24. The Morgan fingerprint density at radius 2 is 1.71 bits per heavy atom. The predicted molar refractivity (Wildman–Crippen MR) is 136 cm³/mol. The Morgan fingerprint density at radius 1 is 0.971 bits per heavy atom. The van der Waals surface area contributed by atoms with E-state index in [0.717, 1.165) is 24.2 Å². The highest BCUT2D eigenvalue weighted by Gasteiger charge is 2.27. The number of hydrogen-bond acceptors (Lipinski definition) is 7. The molecular weight excluding hydrogens is 508 g/mol. The first kappa shape index (κ1) is 25.0. The maximum Gasteiger partial charge on any atom is 0.273 e. The second-order valence-electron chi connectivity index (χ2n) is 7.86. The van der Waals surface area contributed by atoms with Crippen LogP contribution in [0.1, 0.15) is 35.7 Å². The van der Waals surface area contributed by atoms with E-state index in [2.05, 4.69) is 15.2 Å². The third-order valence-electron chi connectivity index (χ3n) is 5.46. The van der Waals surface area contributed by atoms with Crippen LogP contribution in [0, 0.1) is 0 Å². The zero-order valence-electron chi connectivity index (χ0n) is 18.8. The molecule has 2 aromatic carbocycles. The van der Waals surface area contributed by atoms with E-state index in [1.54, 1.807) is 48.7 Å². The van der Waals surface area contributed by atoms with Crippen LogP contribution >= 0.6 is 11.3 Å². The van der Waals surface area contributed by atoms with Crippen molar-refractivity contribution in [2.45, 2.75) is 28.9 Å². The monoisotopic (exact) mass is 532 g/mol. The second kappa shape index (κ2) is 10.3. The number of carbonyl (C=O) groups is 1. The Labute approximate surface area is 208 Å². The van der Waals surface area contributed by atoms with Crippen LogP contribution in [0.4, 0.5) is 5.69 Å². The van der Waals surface area contributed by atoms with Crippen LogP contribution in [0.5, 0.6) is 0 Å². The summed E-state index contributed by atoms with van der Waals surface area (Å²) in [6.07, 6.45) is 1.69. The lowest BCUT2D eigenvalue weighted by atomic mass is 10.1. The number of hydrazone groups is 1. The fraction of sp³-hybridized carbons (Fsp3) is 0.217. The minimum Gasteiger partial charge on any atom is -0.278 e. The van der Waals surface area contributed by atoms with Crippen LogP contribution in [0.25, 0.3) is 0 Å². The third-order valence-corrected chi connectivity index (χ3v) is 10.1. The third kappa shape index (κ3) is 5.61. The van der Waals surface area contributed by atoms with E-state index in [1.807, 2.05) is 0 Å². The number of nitrogens with one attached hydrogen (secondary N) is 2. The molecule has 4 rings (SSSR count). The molecule has 1 fully saturated rings. The molecule has 9 nitrogen and oxygen atoms in total. The molecule has 0 bridgehead atoms. The van der Waals surface area contributed by atoms with Gasteiger partial charge in [0.15, 0.2) is 0 Å². The summed E-state index contributed by atoms with van der Waals surface area (Å²) in [5, 5.41) is 5.76. The largest absolute Gasteiger partial charge is 0.278 e. The quantitative estimate of drug-likeness (QED) is 0.339. The standard InChI is InChI=1S/C23H24N4O5S3/c1-17(18-8-6-9-19(16-18)35(31,32)27-13-4-5-14-27)24-25-23(28)20-10-2-3-11-21(20)26-34(29,30)22-12-7-15-33-22/h2-3,6-12,15-16,26H,4-5,13-14H2,1H3,(H,25,28)/b24-17+. The average Bonchev–Trinajstić information content (AvgIpc) is 3.58. The van der Waals surface area contributed by atoms with Crippen molar-refractivity contribution < 1.29 is 21.6 Å². The minimum atomic E-state index is -3.83. The smallest absolute Gasteiger partial charge is 0.273 e. The number of sulfonamides is 2. The summed E-state index contributed by atoms with van der Waals surface area (Å²) < 4.78 is 54.9. The van der Waals surface area contributed by atoms with Crippen molar-refractivity contribution in [3.63, 3.8) is 0 Å². The Bertz CT molecular complexity index is 1460. The van der Waals surface area contributed by atoms with Crippen molar-refractivity contribution in [2.24, 2.45) is 5.10 Å². The molecule has 1 aromatic heterocycles. The maximum absolute atomic E-state index is 12.9. The van der Waals surface area contributed by atoms with Gasteiger partial charge in [0, 0.05) is 13.1 Å². The molecule has 0 radical (unpaired) electrons. The van der Waals surface area contributed by atoms with E-state index in [0.29, 0.717) is 24.4 Å². The number of amides is 1. The lowest BCUT2D eigenvalue weighted by Gasteiger charge is -2.16. The molecule has 0 saturated carbocycles. The number of thiophene rings is 1. The SMILES string of the molecule is C/C(=N\NC(=O)c1ccccc1NS(=O)(=O)c1cccs1)c1cccc(S(=O)(=O)N2CCCC2)c1. The number of para-hydroxylation sites is 1. The summed E-state index contributed by atoms with van der Waals surface area (Å²) >= 11 is 1.07. The van der Waals surface area contributed by atoms with Gasteiger partial charge in [0.25, 0.3) is 15.9 Å². The number of anilines is 1. The van der Waals surface area contributed by atoms with Gasteiger partial charge in [-0.2, -0.15) is 9.41 Å². The lowest BCUT2D eigenvalue weighted by Crippen LogP contribution is -2.28. The van der Waals surface area contributed by atoms with Gasteiger partial charge in [-0.05, 0) is 61.0 Å². The van der Waals surface area contributed by atoms with Crippen molar-refractivity contribution >= 4 is 48.7 Å². The van der Waals surface area contributed by atoms with Gasteiger partial charge in [0.2, 0.25) is 10.0 Å². The van der Waals surface area contributed by atoms with E-state index < -0.39 is 26.0 Å². The molecular formula is C23H24N4O5S3. The van der Waals surface area contributed by atoms with Crippen molar-refractivity contribution in [2.75, 3.05) is 17.8 Å². The van der Waals surface area contributed by atoms with Crippen LogP contribution in [0.15, 0.2) is 80.2 Å². The molecule has 1 amide bonds. The van der Waals surface area contributed by atoms with Gasteiger partial charge in [-0.25, -0.2) is 22.3 Å². The predicted octanol–water partition coefficient (Wildman–Crippen LogP) is 3.49. The first-order valence-electron chi connectivity index (χ1n) is 10.8. The summed E-state index contributed by atoms with van der Waals surface area (Å²) in [4.78, 5) is 13.0. The molecule has 3 aromatic rings. The second-order valence-corrected chi connectivity index (χ2v) is 12.7. The van der Waals surface area contributed by atoms with E-state index in [-0.39, 0.29) is 20.4 Å². The number of nitrogens with zero attached hydrogens (tertiary/aromatic N) is 2. The zero-order valence-corrected chi connectivity index (χ0v) is 21.3. The minimum absolute atomic E-state index is 0.0922. The number of carbonyl (C=O) groups excluding carboxylic acids is 1. The normalized spacial score (nSPS) is 15.2. The van der Waals surface area contributed by atoms with Crippen molar-refractivity contribution in [1.82, 2.24) is 9.73 Å². The Hall–Kier alpha value is -3.06. The average molecular weight is 533 g/mol. The molecule has 2 heterocycles. The highest BCUT2D eigenvalue weighted by Crippen LogP contribution is 2.24. The fourth-order valence-electron chi connectivity index (χ4n) is 3.60. The van der Waals surface area contributed by atoms with E-state index in [4.69, 9.17) is 0 Å². The van der Waals surface area contributed by atoms with Crippen LogP contribution in [-0.4, -0.2) is 45.8 Å². The van der Waals surface area contributed by atoms with E-state index in [1.165, 1.54) is 28.6 Å². The van der Waals surface area contributed by atoms with Crippen molar-refractivity contribution in [3.05, 3.63) is 77.2 Å². The molecule has 35 heavy (non-hydrogen) atoms. The number of rotatable bonds is 8. The van der Waals surface area contributed by atoms with Gasteiger partial charge in [-0.3, -0.25) is 9.52 Å². The summed E-state index contributed by atoms with van der Waals surface area (Å²) in [5.74, 6) is -0.616. The molecule has 12 heteroatoms. The molecule has 0 atom stereocenters. The number of hydrogen-bond donors (Lipinski definition) is 2. The Morgan fingerprint density at radius 3 is 2.43 bits per heavy atom. The molecule has 2 N–H and O–H groups in total. The molecule has 1 aliphatic rings. The molecule has 0 unspecified atom stereocenters. The van der Waals surface area contributed by atoms with Gasteiger partial charge >= 0.3 is 0 Å². The molecule has 0 aliphatic carbocycles. The Kier molecular flexibility index (Phi) is 7.36. The lowest BCUT2D eigenvalue weighted by molar-refractivity contribution is 0.0955. The summed E-state index contributed by atoms with van der Waals surface area (Å²) in [5.41, 5.74) is 3.57. The highest BCUT2D eigenvalue weighted by atomic mass is 32.2. The maximum atomic E-state index is 12.9. The van der Waals surface area contributed by atoms with Gasteiger partial charge in [0.05, 0.1) is 21.9 Å². The number of benzene rings is 2. The van der Waals surface area contributed by atoms with Crippen LogP contribution in [-0.2, 0) is 20.0 Å². The van der Waals surface area contributed by atoms with Gasteiger partial charge in [-0.1, -0.05) is 30.3 Å². The van der Waals surface area contributed by atoms with Crippen LogP contribution in [0.3, 0.4) is 0 Å². The molecule has 1 aliphatic heterocycles. The topological polar surface area (TPSA) is 125 Å². The van der Waals surface area contributed by atoms with Gasteiger partial charge in [-0.15, -0.1) is 11.3 Å².